The number of hydrogen-bond acceptors (Lipinski definition) is 3. The van der Waals surface area contributed by atoms with Crippen LogP contribution in [0.25, 0.3) is 0 Å². The van der Waals surface area contributed by atoms with Crippen molar-refractivity contribution in [2.75, 3.05) is 11.9 Å². The maximum Gasteiger partial charge on any atom is 0.291 e. The SMILES string of the molecule is C=CCNC(=O)c1nc(C(=O)Nc2ccccc2C(C)C)n2c1CCCC2. The molecule has 0 fully saturated rings. The third-order valence-corrected chi connectivity index (χ3v) is 4.77. The second-order valence-corrected chi connectivity index (χ2v) is 7.03. The molecule has 2 aromatic rings. The van der Waals surface area contributed by atoms with Crippen molar-refractivity contribution in [3.05, 3.63) is 59.7 Å². The summed E-state index contributed by atoms with van der Waals surface area (Å²) >= 11 is 0. The molecule has 0 spiro atoms. The van der Waals surface area contributed by atoms with Crippen LogP contribution in [-0.2, 0) is 13.0 Å². The average molecular weight is 366 g/mol. The smallest absolute Gasteiger partial charge is 0.291 e. The molecule has 27 heavy (non-hydrogen) atoms. The first-order chi connectivity index (χ1) is 13.0. The zero-order valence-corrected chi connectivity index (χ0v) is 15.9. The molecule has 0 bridgehead atoms. The summed E-state index contributed by atoms with van der Waals surface area (Å²) in [5.41, 5.74) is 3.03. The van der Waals surface area contributed by atoms with Gasteiger partial charge in [-0.1, -0.05) is 38.1 Å². The number of benzene rings is 1. The van der Waals surface area contributed by atoms with E-state index in [0.717, 1.165) is 36.2 Å². The van der Waals surface area contributed by atoms with E-state index in [1.807, 2.05) is 28.8 Å². The van der Waals surface area contributed by atoms with Gasteiger partial charge in [0.1, 0.15) is 5.69 Å². The van der Waals surface area contributed by atoms with Gasteiger partial charge < -0.3 is 15.2 Å². The lowest BCUT2D eigenvalue weighted by molar-refractivity contribution is 0.0952. The van der Waals surface area contributed by atoms with Gasteiger partial charge in [-0.05, 0) is 36.8 Å². The maximum absolute atomic E-state index is 13.0. The number of aromatic nitrogens is 2. The monoisotopic (exact) mass is 366 g/mol. The summed E-state index contributed by atoms with van der Waals surface area (Å²) in [6, 6.07) is 7.77. The van der Waals surface area contributed by atoms with Gasteiger partial charge >= 0.3 is 0 Å². The molecule has 0 saturated heterocycles. The number of nitrogens with one attached hydrogen (secondary N) is 2. The standard InChI is InChI=1S/C21H26N4O2/c1-4-12-22-20(26)18-17-11-7-8-13-25(17)19(24-18)21(27)23-16-10-6-5-9-15(16)14(2)3/h4-6,9-10,14H,1,7-8,11-13H2,2-3H3,(H,22,26)(H,23,27). The Morgan fingerprint density at radius 2 is 2.04 bits per heavy atom. The van der Waals surface area contributed by atoms with Crippen molar-refractivity contribution in [1.29, 1.82) is 0 Å². The van der Waals surface area contributed by atoms with Gasteiger partial charge in [-0.2, -0.15) is 0 Å². The van der Waals surface area contributed by atoms with Crippen molar-refractivity contribution in [2.24, 2.45) is 0 Å². The number of anilines is 1. The minimum Gasteiger partial charge on any atom is -0.347 e. The van der Waals surface area contributed by atoms with Crippen LogP contribution in [0.2, 0.25) is 0 Å². The predicted octanol–water partition coefficient (Wildman–Crippen LogP) is 3.51. The van der Waals surface area contributed by atoms with Crippen molar-refractivity contribution in [3.8, 4) is 0 Å². The number of fused-ring (bicyclic) bond motifs is 1. The zero-order chi connectivity index (χ0) is 19.4. The minimum absolute atomic E-state index is 0.262. The molecule has 1 aromatic heterocycles. The fourth-order valence-electron chi connectivity index (χ4n) is 3.44. The molecule has 2 amide bonds. The molecular formula is C21H26N4O2. The van der Waals surface area contributed by atoms with Crippen LogP contribution >= 0.6 is 0 Å². The van der Waals surface area contributed by atoms with Gasteiger partial charge in [-0.25, -0.2) is 4.98 Å². The fraction of sp³-hybridized carbons (Fsp3) is 0.381. The van der Waals surface area contributed by atoms with E-state index < -0.39 is 0 Å². The van der Waals surface area contributed by atoms with Gasteiger partial charge in [-0.15, -0.1) is 6.58 Å². The first-order valence-corrected chi connectivity index (χ1v) is 9.41. The summed E-state index contributed by atoms with van der Waals surface area (Å²) in [5, 5.41) is 5.74. The lowest BCUT2D eigenvalue weighted by Gasteiger charge is -2.18. The first-order valence-electron chi connectivity index (χ1n) is 9.41. The number of rotatable bonds is 6. The molecule has 0 radical (unpaired) electrons. The highest BCUT2D eigenvalue weighted by Crippen LogP contribution is 2.26. The number of hydrogen-bond donors (Lipinski definition) is 2. The van der Waals surface area contributed by atoms with E-state index in [-0.39, 0.29) is 17.7 Å². The summed E-state index contributed by atoms with van der Waals surface area (Å²) in [6.07, 6.45) is 4.33. The summed E-state index contributed by atoms with van der Waals surface area (Å²) in [5.74, 6) is 0.0409. The van der Waals surface area contributed by atoms with E-state index in [9.17, 15) is 9.59 Å². The van der Waals surface area contributed by atoms with Crippen LogP contribution in [-0.4, -0.2) is 27.9 Å². The molecule has 0 atom stereocenters. The van der Waals surface area contributed by atoms with Crippen LogP contribution in [0.5, 0.6) is 0 Å². The normalized spacial score (nSPS) is 13.1. The number of nitrogens with zero attached hydrogens (tertiary/aromatic N) is 2. The molecule has 1 aliphatic heterocycles. The van der Waals surface area contributed by atoms with Gasteiger partial charge in [0.15, 0.2) is 5.82 Å². The third-order valence-electron chi connectivity index (χ3n) is 4.77. The van der Waals surface area contributed by atoms with E-state index in [1.54, 1.807) is 6.08 Å². The van der Waals surface area contributed by atoms with Crippen molar-refractivity contribution in [2.45, 2.75) is 45.6 Å². The van der Waals surface area contributed by atoms with Crippen LogP contribution in [0, 0.1) is 0 Å². The third kappa shape index (κ3) is 3.94. The van der Waals surface area contributed by atoms with Crippen molar-refractivity contribution < 1.29 is 9.59 Å². The first kappa shape index (κ1) is 18.9. The molecular weight excluding hydrogens is 340 g/mol. The van der Waals surface area contributed by atoms with Crippen LogP contribution < -0.4 is 10.6 Å². The van der Waals surface area contributed by atoms with Crippen LogP contribution in [0.15, 0.2) is 36.9 Å². The van der Waals surface area contributed by atoms with E-state index >= 15 is 0 Å². The van der Waals surface area contributed by atoms with Crippen LogP contribution in [0.1, 0.15) is 65.0 Å². The van der Waals surface area contributed by atoms with Crippen LogP contribution in [0.4, 0.5) is 5.69 Å². The summed E-state index contributed by atoms with van der Waals surface area (Å²) in [6.45, 7) is 8.86. The molecule has 0 saturated carbocycles. The predicted molar refractivity (Wildman–Crippen MR) is 106 cm³/mol. The average Bonchev–Trinajstić information content (AvgIpc) is 3.06. The highest BCUT2D eigenvalue weighted by molar-refractivity contribution is 6.04. The van der Waals surface area contributed by atoms with Gasteiger partial charge in [0.05, 0.1) is 5.69 Å². The van der Waals surface area contributed by atoms with Crippen LogP contribution in [0.3, 0.4) is 0 Å². The fourth-order valence-corrected chi connectivity index (χ4v) is 3.44. The Morgan fingerprint density at radius 1 is 1.26 bits per heavy atom. The number of carbonyl (C=O) groups is 2. The Morgan fingerprint density at radius 3 is 2.78 bits per heavy atom. The summed E-state index contributed by atoms with van der Waals surface area (Å²) in [4.78, 5) is 29.8. The number of amides is 2. The van der Waals surface area contributed by atoms with Crippen molar-refractivity contribution in [1.82, 2.24) is 14.9 Å². The largest absolute Gasteiger partial charge is 0.347 e. The van der Waals surface area contributed by atoms with Gasteiger partial charge in [-0.3, -0.25) is 9.59 Å². The lowest BCUT2D eigenvalue weighted by Crippen LogP contribution is -2.25. The number of para-hydroxylation sites is 1. The van der Waals surface area contributed by atoms with E-state index in [2.05, 4.69) is 36.0 Å². The Balaban J connectivity index is 1.92. The Labute approximate surface area is 159 Å². The Hall–Kier alpha value is -2.89. The molecule has 0 unspecified atom stereocenters. The molecule has 2 heterocycles. The Bertz CT molecular complexity index is 867. The maximum atomic E-state index is 13.0. The molecule has 0 aliphatic carbocycles. The molecule has 6 nitrogen and oxygen atoms in total. The summed E-state index contributed by atoms with van der Waals surface area (Å²) < 4.78 is 1.89. The van der Waals surface area contributed by atoms with Crippen molar-refractivity contribution >= 4 is 17.5 Å². The van der Waals surface area contributed by atoms with Crippen molar-refractivity contribution in [3.63, 3.8) is 0 Å². The van der Waals surface area contributed by atoms with Gasteiger partial charge in [0.25, 0.3) is 11.8 Å². The van der Waals surface area contributed by atoms with E-state index in [1.165, 1.54) is 0 Å². The quantitative estimate of drug-likeness (QED) is 0.768. The zero-order valence-electron chi connectivity index (χ0n) is 15.9. The van der Waals surface area contributed by atoms with Gasteiger partial charge in [0.2, 0.25) is 0 Å². The lowest BCUT2D eigenvalue weighted by atomic mass is 10.0. The highest BCUT2D eigenvalue weighted by Gasteiger charge is 2.27. The molecule has 6 heteroatoms. The van der Waals surface area contributed by atoms with Gasteiger partial charge in [0, 0.05) is 18.8 Å². The number of carbonyl (C=O) groups excluding carboxylic acids is 2. The van der Waals surface area contributed by atoms with E-state index in [0.29, 0.717) is 24.6 Å². The van der Waals surface area contributed by atoms with E-state index in [4.69, 9.17) is 0 Å². The molecule has 2 N–H and O–H groups in total. The molecule has 3 rings (SSSR count). The number of imidazole rings is 1. The molecule has 1 aliphatic rings. The highest BCUT2D eigenvalue weighted by atomic mass is 16.2. The minimum atomic E-state index is -0.283. The topological polar surface area (TPSA) is 76.0 Å². The Kier molecular flexibility index (Phi) is 5.74. The molecule has 142 valence electrons. The second kappa shape index (κ2) is 8.20. The second-order valence-electron chi connectivity index (χ2n) is 7.03. The summed E-state index contributed by atoms with van der Waals surface area (Å²) in [7, 11) is 0. The molecule has 1 aromatic carbocycles.